The zero-order chi connectivity index (χ0) is 17.0. The van der Waals surface area contributed by atoms with Gasteiger partial charge in [-0.05, 0) is 24.3 Å². The number of aryl methyl sites for hydroxylation is 1. The molecule has 0 bridgehead atoms. The predicted molar refractivity (Wildman–Crippen MR) is 86.9 cm³/mol. The van der Waals surface area contributed by atoms with E-state index in [4.69, 9.17) is 4.74 Å². The molecule has 0 fully saturated rings. The molecule has 2 N–H and O–H groups in total. The van der Waals surface area contributed by atoms with Crippen LogP contribution in [0, 0.1) is 0 Å². The molecular formula is C16H17N3O4. The molecule has 2 rings (SSSR count). The molecule has 0 atom stereocenters. The minimum absolute atomic E-state index is 0.170. The lowest BCUT2D eigenvalue weighted by molar-refractivity contribution is -0.114. The van der Waals surface area contributed by atoms with Crippen LogP contribution in [-0.2, 0) is 11.8 Å². The molecule has 120 valence electrons. The molecule has 0 aliphatic rings. The smallest absolute Gasteiger partial charge is 0.272 e. The molecule has 7 nitrogen and oxygen atoms in total. The van der Waals surface area contributed by atoms with Crippen molar-refractivity contribution in [2.24, 2.45) is 7.05 Å². The van der Waals surface area contributed by atoms with E-state index in [0.717, 1.165) is 0 Å². The fourth-order valence-electron chi connectivity index (χ4n) is 2.02. The van der Waals surface area contributed by atoms with E-state index in [-0.39, 0.29) is 22.8 Å². The molecule has 23 heavy (non-hydrogen) atoms. The van der Waals surface area contributed by atoms with Crippen molar-refractivity contribution in [2.45, 2.75) is 6.92 Å². The summed E-state index contributed by atoms with van der Waals surface area (Å²) in [5.41, 5.74) is 1.03. The number of nitrogens with one attached hydrogen (secondary N) is 2. The third-order valence-corrected chi connectivity index (χ3v) is 3.12. The number of rotatable bonds is 4. The van der Waals surface area contributed by atoms with E-state index in [0.29, 0.717) is 11.4 Å². The highest BCUT2D eigenvalue weighted by Crippen LogP contribution is 2.15. The number of methoxy groups -OCH3 is 1. The predicted octanol–water partition coefficient (Wildman–Crippen LogP) is 1.60. The van der Waals surface area contributed by atoms with E-state index in [1.165, 1.54) is 30.9 Å². The first kappa shape index (κ1) is 16.3. The second-order valence-electron chi connectivity index (χ2n) is 4.91. The second-order valence-corrected chi connectivity index (χ2v) is 4.91. The fourth-order valence-corrected chi connectivity index (χ4v) is 2.02. The number of nitrogens with zero attached hydrogens (tertiary/aromatic N) is 1. The van der Waals surface area contributed by atoms with Gasteiger partial charge in [-0.25, -0.2) is 0 Å². The van der Waals surface area contributed by atoms with E-state index in [9.17, 15) is 14.4 Å². The van der Waals surface area contributed by atoms with Crippen LogP contribution in [0.25, 0.3) is 0 Å². The van der Waals surface area contributed by atoms with Crippen LogP contribution in [0.15, 0.2) is 41.3 Å². The Balaban J connectivity index is 2.17. The van der Waals surface area contributed by atoms with Crippen molar-refractivity contribution in [2.75, 3.05) is 17.7 Å². The topological polar surface area (TPSA) is 89.4 Å². The Hall–Kier alpha value is -3.09. The highest BCUT2D eigenvalue weighted by atomic mass is 16.5. The second kappa shape index (κ2) is 6.78. The molecule has 0 saturated carbocycles. The molecule has 1 aromatic carbocycles. The van der Waals surface area contributed by atoms with Gasteiger partial charge in [-0.15, -0.1) is 0 Å². The number of carbonyl (C=O) groups is 2. The van der Waals surface area contributed by atoms with E-state index in [1.54, 1.807) is 31.3 Å². The van der Waals surface area contributed by atoms with Gasteiger partial charge in [0.05, 0.1) is 13.3 Å². The van der Waals surface area contributed by atoms with Crippen molar-refractivity contribution in [3.8, 4) is 5.75 Å². The fraction of sp³-hybridized carbons (Fsp3) is 0.188. The van der Waals surface area contributed by atoms with Gasteiger partial charge in [0.15, 0.2) is 5.75 Å². The van der Waals surface area contributed by atoms with Crippen molar-refractivity contribution in [3.05, 3.63) is 52.4 Å². The first-order chi connectivity index (χ1) is 10.9. The van der Waals surface area contributed by atoms with Crippen molar-refractivity contribution in [1.29, 1.82) is 0 Å². The molecule has 1 aromatic heterocycles. The third kappa shape index (κ3) is 3.97. The van der Waals surface area contributed by atoms with Crippen LogP contribution in [-0.4, -0.2) is 23.5 Å². The van der Waals surface area contributed by atoms with Crippen LogP contribution in [0.5, 0.6) is 5.75 Å². The van der Waals surface area contributed by atoms with Gasteiger partial charge in [0.1, 0.15) is 5.69 Å². The summed E-state index contributed by atoms with van der Waals surface area (Å²) in [6.45, 7) is 1.42. The standard InChI is InChI=1S/C16H17N3O4/c1-10(20)17-11-4-6-12(7-5-11)18-16(22)13-8-14(21)15(23-3)9-19(13)2/h4-9H,1-3H3,(H,17,20)(H,18,22). The summed E-state index contributed by atoms with van der Waals surface area (Å²) < 4.78 is 6.44. The lowest BCUT2D eigenvalue weighted by Crippen LogP contribution is -2.21. The molecule has 0 aliphatic heterocycles. The van der Waals surface area contributed by atoms with Crippen LogP contribution in [0.4, 0.5) is 11.4 Å². The van der Waals surface area contributed by atoms with Crippen molar-refractivity contribution >= 4 is 23.2 Å². The van der Waals surface area contributed by atoms with Crippen LogP contribution in [0.1, 0.15) is 17.4 Å². The zero-order valence-corrected chi connectivity index (χ0v) is 13.0. The number of pyridine rings is 1. The maximum absolute atomic E-state index is 12.3. The number of amides is 2. The van der Waals surface area contributed by atoms with Gasteiger partial charge in [0.25, 0.3) is 5.91 Å². The maximum atomic E-state index is 12.3. The lowest BCUT2D eigenvalue weighted by atomic mass is 10.2. The molecular weight excluding hydrogens is 298 g/mol. The minimum Gasteiger partial charge on any atom is -0.491 e. The normalized spacial score (nSPS) is 10.0. The average molecular weight is 315 g/mol. The SMILES string of the molecule is COc1cn(C)c(C(=O)Nc2ccc(NC(C)=O)cc2)cc1=O. The van der Waals surface area contributed by atoms with Crippen LogP contribution < -0.4 is 20.8 Å². The summed E-state index contributed by atoms with van der Waals surface area (Å²) in [5.74, 6) is -0.418. The van der Waals surface area contributed by atoms with Gasteiger partial charge in [-0.1, -0.05) is 0 Å². The van der Waals surface area contributed by atoms with Crippen LogP contribution in [0.2, 0.25) is 0 Å². The zero-order valence-electron chi connectivity index (χ0n) is 13.0. The van der Waals surface area contributed by atoms with Crippen molar-refractivity contribution in [1.82, 2.24) is 4.57 Å². The van der Waals surface area contributed by atoms with Crippen molar-refractivity contribution < 1.29 is 14.3 Å². The van der Waals surface area contributed by atoms with Gasteiger partial charge < -0.3 is 19.9 Å². The average Bonchev–Trinajstić information content (AvgIpc) is 2.50. The molecule has 2 aromatic rings. The summed E-state index contributed by atoms with van der Waals surface area (Å²) >= 11 is 0. The Morgan fingerprint density at radius 3 is 2.17 bits per heavy atom. The van der Waals surface area contributed by atoms with E-state index < -0.39 is 5.91 Å². The number of carbonyl (C=O) groups excluding carboxylic acids is 2. The Bertz CT molecular complexity index is 794. The van der Waals surface area contributed by atoms with Gasteiger partial charge in [-0.3, -0.25) is 14.4 Å². The Morgan fingerprint density at radius 1 is 1.09 bits per heavy atom. The summed E-state index contributed by atoms with van der Waals surface area (Å²) in [5, 5.41) is 5.33. The molecule has 0 radical (unpaired) electrons. The Kier molecular flexibility index (Phi) is 4.80. The number of hydrogen-bond donors (Lipinski definition) is 2. The summed E-state index contributed by atoms with van der Waals surface area (Å²) in [6, 6.07) is 7.88. The summed E-state index contributed by atoms with van der Waals surface area (Å²) in [7, 11) is 3.05. The lowest BCUT2D eigenvalue weighted by Gasteiger charge is -2.11. The van der Waals surface area contributed by atoms with Crippen LogP contribution in [0.3, 0.4) is 0 Å². The highest BCUT2D eigenvalue weighted by Gasteiger charge is 2.12. The summed E-state index contributed by atoms with van der Waals surface area (Å²) in [4.78, 5) is 35.0. The highest BCUT2D eigenvalue weighted by molar-refractivity contribution is 6.03. The molecule has 0 spiro atoms. The van der Waals surface area contributed by atoms with E-state index in [1.807, 2.05) is 0 Å². The van der Waals surface area contributed by atoms with Gasteiger partial charge >= 0.3 is 0 Å². The van der Waals surface area contributed by atoms with Crippen molar-refractivity contribution in [3.63, 3.8) is 0 Å². The molecule has 0 aliphatic carbocycles. The Morgan fingerprint density at radius 2 is 1.65 bits per heavy atom. The number of aromatic nitrogens is 1. The van der Waals surface area contributed by atoms with Crippen LogP contribution >= 0.6 is 0 Å². The largest absolute Gasteiger partial charge is 0.491 e. The molecule has 0 saturated heterocycles. The first-order valence-corrected chi connectivity index (χ1v) is 6.84. The molecule has 2 amide bonds. The quantitative estimate of drug-likeness (QED) is 0.897. The van der Waals surface area contributed by atoms with Gasteiger partial charge in [0.2, 0.25) is 11.3 Å². The first-order valence-electron chi connectivity index (χ1n) is 6.84. The number of benzene rings is 1. The van der Waals surface area contributed by atoms with Gasteiger partial charge in [0, 0.05) is 31.4 Å². The molecule has 1 heterocycles. The monoisotopic (exact) mass is 315 g/mol. The van der Waals surface area contributed by atoms with E-state index in [2.05, 4.69) is 10.6 Å². The number of hydrogen-bond acceptors (Lipinski definition) is 4. The van der Waals surface area contributed by atoms with Gasteiger partial charge in [-0.2, -0.15) is 0 Å². The van der Waals surface area contributed by atoms with E-state index >= 15 is 0 Å². The Labute approximate surface area is 132 Å². The minimum atomic E-state index is -0.417. The maximum Gasteiger partial charge on any atom is 0.272 e. The number of anilines is 2. The number of ether oxygens (including phenoxy) is 1. The molecule has 7 heteroatoms. The summed E-state index contributed by atoms with van der Waals surface area (Å²) in [6.07, 6.45) is 1.46. The molecule has 0 unspecified atom stereocenters. The third-order valence-electron chi connectivity index (χ3n) is 3.12.